The minimum atomic E-state index is -1.51. The fourth-order valence-corrected chi connectivity index (χ4v) is 2.74. The monoisotopic (exact) mass is 354 g/mol. The van der Waals surface area contributed by atoms with E-state index in [-0.39, 0.29) is 5.75 Å². The summed E-state index contributed by atoms with van der Waals surface area (Å²) in [5, 5.41) is 49.0. The molecule has 0 amide bonds. The van der Waals surface area contributed by atoms with Gasteiger partial charge in [-0.15, -0.1) is 0 Å². The van der Waals surface area contributed by atoms with Crippen molar-refractivity contribution in [2.45, 2.75) is 57.9 Å². The molecule has 1 aliphatic heterocycles. The number of ether oxygens (including phenoxy) is 2. The number of benzene rings is 1. The van der Waals surface area contributed by atoms with Gasteiger partial charge in [-0.3, -0.25) is 0 Å². The van der Waals surface area contributed by atoms with Gasteiger partial charge in [-0.1, -0.05) is 11.6 Å². The van der Waals surface area contributed by atoms with Gasteiger partial charge in [0, 0.05) is 5.56 Å². The Bertz CT molecular complexity index is 622. The quantitative estimate of drug-likeness (QED) is 0.485. The molecule has 0 aliphatic carbocycles. The maximum Gasteiger partial charge on any atom is 0.229 e. The van der Waals surface area contributed by atoms with Crippen LogP contribution in [0.5, 0.6) is 11.5 Å². The number of rotatable bonds is 5. The van der Waals surface area contributed by atoms with E-state index in [4.69, 9.17) is 9.47 Å². The number of hydrogen-bond donors (Lipinski definition) is 5. The second-order valence-electron chi connectivity index (χ2n) is 6.55. The maximum atomic E-state index is 10.1. The Morgan fingerprint density at radius 3 is 2.44 bits per heavy atom. The summed E-state index contributed by atoms with van der Waals surface area (Å²) in [5.74, 6) is 0.510. The number of aliphatic hydroxyl groups excluding tert-OH is 4. The highest BCUT2D eigenvalue weighted by Gasteiger charge is 2.45. The van der Waals surface area contributed by atoms with Gasteiger partial charge >= 0.3 is 0 Å². The fourth-order valence-electron chi connectivity index (χ4n) is 2.74. The van der Waals surface area contributed by atoms with E-state index in [0.29, 0.717) is 23.3 Å². The molecule has 5 atom stereocenters. The molecule has 1 heterocycles. The maximum absolute atomic E-state index is 10.1. The molecule has 1 aromatic carbocycles. The molecule has 140 valence electrons. The van der Waals surface area contributed by atoms with Crippen LogP contribution < -0.4 is 4.74 Å². The van der Waals surface area contributed by atoms with E-state index < -0.39 is 37.3 Å². The molecule has 2 rings (SSSR count). The number of aryl methyl sites for hydroxylation is 1. The van der Waals surface area contributed by atoms with Gasteiger partial charge in [0.1, 0.15) is 35.9 Å². The minimum absolute atomic E-state index is 0.0933. The van der Waals surface area contributed by atoms with Crippen LogP contribution in [0.4, 0.5) is 0 Å². The highest BCUT2D eigenvalue weighted by molar-refractivity contribution is 5.47. The Kier molecular flexibility index (Phi) is 6.42. The molecule has 5 unspecified atom stereocenters. The van der Waals surface area contributed by atoms with Crippen molar-refractivity contribution < 1.29 is 35.0 Å². The summed E-state index contributed by atoms with van der Waals surface area (Å²) in [7, 11) is 0. The second-order valence-corrected chi connectivity index (χ2v) is 6.55. The Morgan fingerprint density at radius 2 is 1.84 bits per heavy atom. The van der Waals surface area contributed by atoms with Crippen LogP contribution in [0.25, 0.3) is 0 Å². The van der Waals surface area contributed by atoms with Crippen LogP contribution in [0.3, 0.4) is 0 Å². The smallest absolute Gasteiger partial charge is 0.229 e. The van der Waals surface area contributed by atoms with Crippen molar-refractivity contribution in [3.05, 3.63) is 34.9 Å². The predicted molar refractivity (Wildman–Crippen MR) is 90.4 cm³/mol. The van der Waals surface area contributed by atoms with Gasteiger partial charge in [-0.25, -0.2) is 0 Å². The van der Waals surface area contributed by atoms with Crippen molar-refractivity contribution in [2.75, 3.05) is 6.61 Å². The van der Waals surface area contributed by atoms with Crippen molar-refractivity contribution in [2.24, 2.45) is 0 Å². The third kappa shape index (κ3) is 4.50. The normalized spacial score (nSPS) is 29.3. The van der Waals surface area contributed by atoms with Gasteiger partial charge in [0.2, 0.25) is 6.29 Å². The number of phenolic OH excluding ortho intramolecular Hbond substituents is 1. The number of hydrogen-bond acceptors (Lipinski definition) is 7. The molecule has 0 aromatic heterocycles. The topological polar surface area (TPSA) is 120 Å². The molecule has 1 saturated heterocycles. The minimum Gasteiger partial charge on any atom is -0.508 e. The molecule has 0 saturated carbocycles. The van der Waals surface area contributed by atoms with Crippen LogP contribution in [0.1, 0.15) is 25.0 Å². The van der Waals surface area contributed by atoms with Crippen LogP contribution in [-0.2, 0) is 11.2 Å². The summed E-state index contributed by atoms with van der Waals surface area (Å²) in [6.45, 7) is 5.12. The first-order valence-corrected chi connectivity index (χ1v) is 8.17. The van der Waals surface area contributed by atoms with Crippen LogP contribution in [0, 0.1) is 6.92 Å². The third-order valence-electron chi connectivity index (χ3n) is 4.15. The molecule has 7 nitrogen and oxygen atoms in total. The lowest BCUT2D eigenvalue weighted by Gasteiger charge is -2.40. The first kappa shape index (κ1) is 19.7. The van der Waals surface area contributed by atoms with E-state index >= 15 is 0 Å². The number of phenols is 1. The zero-order valence-electron chi connectivity index (χ0n) is 14.6. The average molecular weight is 354 g/mol. The summed E-state index contributed by atoms with van der Waals surface area (Å²) >= 11 is 0. The standard InChI is InChI=1S/C18H26O7/c1-9(2)4-5-11-7-12(20)6-10(3)17(11)25-18-16(23)15(22)14(21)13(8-19)24-18/h4,6-7,13-16,18-23H,5,8H2,1-3H3. The molecule has 5 N–H and O–H groups in total. The Balaban J connectivity index is 2.30. The van der Waals surface area contributed by atoms with Crippen molar-refractivity contribution in [3.8, 4) is 11.5 Å². The van der Waals surface area contributed by atoms with Crippen molar-refractivity contribution in [3.63, 3.8) is 0 Å². The fraction of sp³-hybridized carbons (Fsp3) is 0.556. The lowest BCUT2D eigenvalue weighted by molar-refractivity contribution is -0.277. The summed E-state index contributed by atoms with van der Waals surface area (Å²) in [6, 6.07) is 3.08. The van der Waals surface area contributed by atoms with E-state index in [2.05, 4.69) is 0 Å². The van der Waals surface area contributed by atoms with Gasteiger partial charge in [-0.05, 0) is 44.9 Å². The van der Waals surface area contributed by atoms with E-state index in [0.717, 1.165) is 5.57 Å². The van der Waals surface area contributed by atoms with E-state index in [9.17, 15) is 25.5 Å². The average Bonchev–Trinajstić information content (AvgIpc) is 2.55. The van der Waals surface area contributed by atoms with Gasteiger partial charge < -0.3 is 35.0 Å². The SMILES string of the molecule is CC(C)=CCc1cc(O)cc(C)c1OC1OC(CO)C(O)C(O)C1O. The van der Waals surface area contributed by atoms with Crippen molar-refractivity contribution >= 4 is 0 Å². The zero-order chi connectivity index (χ0) is 18.7. The largest absolute Gasteiger partial charge is 0.508 e. The summed E-state index contributed by atoms with van der Waals surface area (Å²) in [6.07, 6.45) is -4.26. The van der Waals surface area contributed by atoms with Gasteiger partial charge in [0.25, 0.3) is 0 Å². The molecule has 1 aliphatic rings. The van der Waals surface area contributed by atoms with Crippen molar-refractivity contribution in [1.29, 1.82) is 0 Å². The summed E-state index contributed by atoms with van der Waals surface area (Å²) < 4.78 is 11.2. The molecule has 25 heavy (non-hydrogen) atoms. The van der Waals surface area contributed by atoms with Gasteiger partial charge in [-0.2, -0.15) is 0 Å². The molecular weight excluding hydrogens is 328 g/mol. The molecular formula is C18H26O7. The highest BCUT2D eigenvalue weighted by atomic mass is 16.7. The van der Waals surface area contributed by atoms with Crippen LogP contribution in [0.15, 0.2) is 23.8 Å². The second kappa shape index (κ2) is 8.16. The Morgan fingerprint density at radius 1 is 1.16 bits per heavy atom. The van der Waals surface area contributed by atoms with Crippen LogP contribution in [0.2, 0.25) is 0 Å². The predicted octanol–water partition coefficient (Wildman–Crippen LogP) is 0.388. The molecule has 0 spiro atoms. The van der Waals surface area contributed by atoms with Crippen molar-refractivity contribution in [1.82, 2.24) is 0 Å². The number of allylic oxidation sites excluding steroid dienone is 2. The van der Waals surface area contributed by atoms with Gasteiger partial charge in [0.05, 0.1) is 6.61 Å². The zero-order valence-corrected chi connectivity index (χ0v) is 14.6. The molecule has 7 heteroatoms. The summed E-state index contributed by atoms with van der Waals surface area (Å²) in [5.41, 5.74) is 2.42. The lowest BCUT2D eigenvalue weighted by atomic mass is 9.99. The molecule has 1 aromatic rings. The Hall–Kier alpha value is -1.64. The van der Waals surface area contributed by atoms with Crippen LogP contribution >= 0.6 is 0 Å². The van der Waals surface area contributed by atoms with E-state index in [1.165, 1.54) is 6.07 Å². The Labute approximate surface area is 146 Å². The molecule has 0 bridgehead atoms. The number of aliphatic hydroxyl groups is 4. The van der Waals surface area contributed by atoms with Crippen LogP contribution in [-0.4, -0.2) is 62.8 Å². The number of aromatic hydroxyl groups is 1. The van der Waals surface area contributed by atoms with E-state index in [1.807, 2.05) is 19.9 Å². The molecule has 1 fully saturated rings. The highest BCUT2D eigenvalue weighted by Crippen LogP contribution is 2.32. The first-order valence-electron chi connectivity index (χ1n) is 8.17. The summed E-state index contributed by atoms with van der Waals surface area (Å²) in [4.78, 5) is 0. The third-order valence-corrected chi connectivity index (χ3v) is 4.15. The first-order chi connectivity index (χ1) is 11.7. The van der Waals surface area contributed by atoms with E-state index in [1.54, 1.807) is 13.0 Å². The van der Waals surface area contributed by atoms with Gasteiger partial charge in [0.15, 0.2) is 0 Å². The molecule has 0 radical (unpaired) electrons. The lowest BCUT2D eigenvalue weighted by Crippen LogP contribution is -2.60.